The standard InChI is InChI=1S/C17H20N2O4/c1-12-14(11-15(20)18-10-6-5-9-16(21)22)19-17(23-12)13-7-3-2-4-8-13/h2-4,7-8H,5-6,9-11H2,1H3,(H,18,20)(H,21,22). The van der Waals surface area contributed by atoms with Crippen LogP contribution < -0.4 is 5.32 Å². The first-order valence-corrected chi connectivity index (χ1v) is 7.56. The Hall–Kier alpha value is -2.63. The van der Waals surface area contributed by atoms with Gasteiger partial charge in [0.1, 0.15) is 5.76 Å². The number of nitrogens with one attached hydrogen (secondary N) is 1. The van der Waals surface area contributed by atoms with Crippen molar-refractivity contribution in [3.8, 4) is 11.5 Å². The van der Waals surface area contributed by atoms with Gasteiger partial charge in [-0.05, 0) is 31.9 Å². The smallest absolute Gasteiger partial charge is 0.303 e. The number of carbonyl (C=O) groups is 2. The highest BCUT2D eigenvalue weighted by atomic mass is 16.4. The largest absolute Gasteiger partial charge is 0.481 e. The topological polar surface area (TPSA) is 92.4 Å². The van der Waals surface area contributed by atoms with Crippen LogP contribution in [-0.2, 0) is 16.0 Å². The number of aromatic nitrogens is 1. The Morgan fingerprint density at radius 2 is 1.96 bits per heavy atom. The number of aryl methyl sites for hydroxylation is 1. The molecular formula is C17H20N2O4. The quantitative estimate of drug-likeness (QED) is 0.730. The van der Waals surface area contributed by atoms with Gasteiger partial charge in [0.2, 0.25) is 11.8 Å². The maximum Gasteiger partial charge on any atom is 0.303 e. The second-order valence-corrected chi connectivity index (χ2v) is 5.27. The summed E-state index contributed by atoms with van der Waals surface area (Å²) in [5.74, 6) is 0.177. The van der Waals surface area contributed by atoms with Crippen LogP contribution in [0.15, 0.2) is 34.7 Å². The Kier molecular flexibility index (Phi) is 5.91. The number of nitrogens with zero attached hydrogens (tertiary/aromatic N) is 1. The van der Waals surface area contributed by atoms with Gasteiger partial charge in [-0.15, -0.1) is 0 Å². The Bertz CT molecular complexity index is 664. The Labute approximate surface area is 134 Å². The summed E-state index contributed by atoms with van der Waals surface area (Å²) < 4.78 is 5.61. The van der Waals surface area contributed by atoms with Gasteiger partial charge in [-0.2, -0.15) is 0 Å². The van der Waals surface area contributed by atoms with E-state index < -0.39 is 5.97 Å². The Morgan fingerprint density at radius 3 is 2.65 bits per heavy atom. The summed E-state index contributed by atoms with van der Waals surface area (Å²) in [6, 6.07) is 9.52. The van der Waals surface area contributed by atoms with E-state index in [0.29, 0.717) is 36.7 Å². The van der Waals surface area contributed by atoms with Crippen molar-refractivity contribution < 1.29 is 19.1 Å². The molecule has 0 spiro atoms. The van der Waals surface area contributed by atoms with E-state index in [1.807, 2.05) is 30.3 Å². The number of aliphatic carboxylic acids is 1. The average molecular weight is 316 g/mol. The molecule has 0 bridgehead atoms. The monoisotopic (exact) mass is 316 g/mol. The molecule has 1 heterocycles. The number of benzene rings is 1. The highest BCUT2D eigenvalue weighted by molar-refractivity contribution is 5.78. The fraction of sp³-hybridized carbons (Fsp3) is 0.353. The third kappa shape index (κ3) is 5.25. The molecule has 0 saturated carbocycles. The van der Waals surface area contributed by atoms with Crippen molar-refractivity contribution in [2.75, 3.05) is 6.54 Å². The lowest BCUT2D eigenvalue weighted by Crippen LogP contribution is -2.26. The molecule has 2 N–H and O–H groups in total. The van der Waals surface area contributed by atoms with Crippen molar-refractivity contribution in [1.29, 1.82) is 0 Å². The number of rotatable bonds is 8. The van der Waals surface area contributed by atoms with Crippen molar-refractivity contribution in [3.63, 3.8) is 0 Å². The molecule has 0 aliphatic rings. The summed E-state index contributed by atoms with van der Waals surface area (Å²) >= 11 is 0. The molecule has 0 atom stereocenters. The summed E-state index contributed by atoms with van der Waals surface area (Å²) in [7, 11) is 0. The van der Waals surface area contributed by atoms with E-state index in [1.165, 1.54) is 0 Å². The molecule has 1 aromatic carbocycles. The minimum atomic E-state index is -0.817. The molecule has 6 heteroatoms. The fourth-order valence-electron chi connectivity index (χ4n) is 2.14. The molecule has 2 aromatic rings. The number of oxazole rings is 1. The predicted molar refractivity (Wildman–Crippen MR) is 84.9 cm³/mol. The molecule has 0 saturated heterocycles. The summed E-state index contributed by atoms with van der Waals surface area (Å²) in [6.07, 6.45) is 1.47. The van der Waals surface area contributed by atoms with E-state index in [2.05, 4.69) is 10.3 Å². The lowest BCUT2D eigenvalue weighted by Gasteiger charge is -2.03. The summed E-state index contributed by atoms with van der Waals surface area (Å²) in [4.78, 5) is 26.7. The van der Waals surface area contributed by atoms with E-state index in [1.54, 1.807) is 6.92 Å². The van der Waals surface area contributed by atoms with Gasteiger partial charge in [-0.3, -0.25) is 9.59 Å². The molecule has 0 aliphatic heterocycles. The number of hydrogen-bond donors (Lipinski definition) is 2. The van der Waals surface area contributed by atoms with Crippen molar-refractivity contribution >= 4 is 11.9 Å². The van der Waals surface area contributed by atoms with E-state index in [9.17, 15) is 9.59 Å². The molecule has 0 unspecified atom stereocenters. The van der Waals surface area contributed by atoms with Crippen molar-refractivity contribution in [1.82, 2.24) is 10.3 Å². The number of carbonyl (C=O) groups excluding carboxylic acids is 1. The summed E-state index contributed by atoms with van der Waals surface area (Å²) in [5, 5.41) is 11.3. The first kappa shape index (κ1) is 16.7. The third-order valence-corrected chi connectivity index (χ3v) is 3.38. The van der Waals surface area contributed by atoms with Gasteiger partial charge < -0.3 is 14.8 Å². The number of carboxylic acid groups (broad SMARTS) is 1. The van der Waals surface area contributed by atoms with Crippen LogP contribution in [0.4, 0.5) is 0 Å². The Morgan fingerprint density at radius 1 is 1.22 bits per heavy atom. The molecule has 1 aromatic heterocycles. The predicted octanol–water partition coefficient (Wildman–Crippen LogP) is 2.56. The third-order valence-electron chi connectivity index (χ3n) is 3.38. The van der Waals surface area contributed by atoms with Gasteiger partial charge in [0.25, 0.3) is 0 Å². The second kappa shape index (κ2) is 8.12. The molecule has 2 rings (SSSR count). The molecule has 23 heavy (non-hydrogen) atoms. The average Bonchev–Trinajstić information content (AvgIpc) is 2.88. The van der Waals surface area contributed by atoms with Crippen molar-refractivity contribution in [2.45, 2.75) is 32.6 Å². The number of hydrogen-bond acceptors (Lipinski definition) is 4. The lowest BCUT2D eigenvalue weighted by atomic mass is 10.2. The zero-order valence-corrected chi connectivity index (χ0v) is 13.0. The normalized spacial score (nSPS) is 10.5. The number of carboxylic acids is 1. The summed E-state index contributed by atoms with van der Waals surface area (Å²) in [6.45, 7) is 2.25. The highest BCUT2D eigenvalue weighted by Gasteiger charge is 2.14. The van der Waals surface area contributed by atoms with E-state index >= 15 is 0 Å². The van der Waals surface area contributed by atoms with Gasteiger partial charge in [0.15, 0.2) is 0 Å². The second-order valence-electron chi connectivity index (χ2n) is 5.27. The van der Waals surface area contributed by atoms with Crippen LogP contribution in [0.3, 0.4) is 0 Å². The summed E-state index contributed by atoms with van der Waals surface area (Å²) in [5.41, 5.74) is 1.49. The van der Waals surface area contributed by atoms with Gasteiger partial charge in [0, 0.05) is 18.5 Å². The number of unbranched alkanes of at least 4 members (excludes halogenated alkanes) is 1. The maximum atomic E-state index is 11.9. The Balaban J connectivity index is 1.84. The van der Waals surface area contributed by atoms with Gasteiger partial charge >= 0.3 is 5.97 Å². The van der Waals surface area contributed by atoms with Crippen LogP contribution >= 0.6 is 0 Å². The number of amides is 1. The maximum absolute atomic E-state index is 11.9. The zero-order chi connectivity index (χ0) is 16.7. The molecule has 122 valence electrons. The van der Waals surface area contributed by atoms with Crippen molar-refractivity contribution in [3.05, 3.63) is 41.8 Å². The van der Waals surface area contributed by atoms with Crippen LogP contribution in [0, 0.1) is 6.92 Å². The molecule has 1 amide bonds. The van der Waals surface area contributed by atoms with E-state index in [0.717, 1.165) is 5.56 Å². The first-order chi connectivity index (χ1) is 11.1. The van der Waals surface area contributed by atoms with Crippen LogP contribution in [0.1, 0.15) is 30.7 Å². The zero-order valence-electron chi connectivity index (χ0n) is 13.0. The van der Waals surface area contributed by atoms with Crippen LogP contribution in [-0.4, -0.2) is 28.5 Å². The molecule has 0 radical (unpaired) electrons. The van der Waals surface area contributed by atoms with Gasteiger partial charge in [-0.1, -0.05) is 18.2 Å². The van der Waals surface area contributed by atoms with Crippen molar-refractivity contribution in [2.24, 2.45) is 0 Å². The molecule has 0 aliphatic carbocycles. The first-order valence-electron chi connectivity index (χ1n) is 7.56. The minimum Gasteiger partial charge on any atom is -0.481 e. The van der Waals surface area contributed by atoms with Gasteiger partial charge in [-0.25, -0.2) is 4.98 Å². The van der Waals surface area contributed by atoms with Crippen LogP contribution in [0.25, 0.3) is 11.5 Å². The van der Waals surface area contributed by atoms with E-state index in [-0.39, 0.29) is 18.7 Å². The van der Waals surface area contributed by atoms with Gasteiger partial charge in [0.05, 0.1) is 12.1 Å². The highest BCUT2D eigenvalue weighted by Crippen LogP contribution is 2.21. The van der Waals surface area contributed by atoms with E-state index in [4.69, 9.17) is 9.52 Å². The molecular weight excluding hydrogens is 296 g/mol. The minimum absolute atomic E-state index is 0.124. The lowest BCUT2D eigenvalue weighted by molar-refractivity contribution is -0.137. The SMILES string of the molecule is Cc1oc(-c2ccccc2)nc1CC(=O)NCCCCC(=O)O. The fourth-order valence-corrected chi connectivity index (χ4v) is 2.14. The van der Waals surface area contributed by atoms with Crippen LogP contribution in [0.5, 0.6) is 0 Å². The molecule has 6 nitrogen and oxygen atoms in total. The van der Waals surface area contributed by atoms with Crippen LogP contribution in [0.2, 0.25) is 0 Å². The molecule has 0 fully saturated rings.